The molecule has 0 aliphatic rings. The van der Waals surface area contributed by atoms with Crippen molar-refractivity contribution >= 4 is 58.4 Å². The smallest absolute Gasteiger partial charge is 0.306 e. The Morgan fingerprint density at radius 3 is 1.28 bits per heavy atom. The topological polar surface area (TPSA) is 197 Å². The molecule has 0 fully saturated rings. The van der Waals surface area contributed by atoms with Gasteiger partial charge in [-0.3, -0.25) is 19.2 Å². The molecule has 58 heavy (non-hydrogen) atoms. The molecule has 4 heterocycles. The van der Waals surface area contributed by atoms with E-state index in [1.54, 1.807) is 80.2 Å². The van der Waals surface area contributed by atoms with Crippen molar-refractivity contribution in [2.75, 3.05) is 27.9 Å². The van der Waals surface area contributed by atoms with E-state index < -0.39 is 17.8 Å². The van der Waals surface area contributed by atoms with E-state index in [2.05, 4.69) is 41.2 Å². The number of carbonyl (C=O) groups is 4. The Kier molecular flexibility index (Phi) is 15.0. The molecule has 0 radical (unpaired) electrons. The van der Waals surface area contributed by atoms with Gasteiger partial charge in [0.25, 0.3) is 0 Å². The van der Waals surface area contributed by atoms with Crippen LogP contribution in [-0.2, 0) is 23.9 Å². The number of esters is 1. The Labute approximate surface area is 331 Å². The standard InChI is InChI=1S/C22H21FN4O3.C20H17FN4O3/c1-2-30-22(29)8-7-21(28)27-20-14-16(10-12-25-20)15-9-11-24-19(13-15)26-18-5-3-17(23)4-6-18;21-15-1-3-16(4-2-15)24-17-11-13(7-9-22-17)14-8-10-23-18(12-14)25-19(26)5-6-20(27)28/h3-6,9-14H,2,7-8H2,1H3,(H,24,26)(H,25,27,28);1-4,7-12H,5-6H2,(H,22,24)(H,27,28)(H,23,25,26). The number of pyridine rings is 4. The number of aromatic nitrogens is 4. The number of benzene rings is 2. The Hall–Kier alpha value is -7.62. The highest BCUT2D eigenvalue weighted by atomic mass is 19.1. The van der Waals surface area contributed by atoms with E-state index in [0.29, 0.717) is 34.6 Å². The van der Waals surface area contributed by atoms with Crippen LogP contribution in [0, 0.1) is 11.6 Å². The summed E-state index contributed by atoms with van der Waals surface area (Å²) in [4.78, 5) is 62.5. The van der Waals surface area contributed by atoms with Gasteiger partial charge in [-0.05, 0) is 126 Å². The first-order valence-electron chi connectivity index (χ1n) is 17.9. The van der Waals surface area contributed by atoms with Crippen molar-refractivity contribution < 1.29 is 37.8 Å². The molecule has 16 heteroatoms. The molecule has 0 bridgehead atoms. The summed E-state index contributed by atoms with van der Waals surface area (Å²) in [6.07, 6.45) is 6.09. The maximum Gasteiger partial charge on any atom is 0.306 e. The van der Waals surface area contributed by atoms with Crippen LogP contribution in [0.5, 0.6) is 0 Å². The Balaban J connectivity index is 0.000000221. The van der Waals surface area contributed by atoms with Crippen molar-refractivity contribution in [3.05, 3.63) is 133 Å². The minimum atomic E-state index is -1.03. The van der Waals surface area contributed by atoms with Gasteiger partial charge in [0.15, 0.2) is 0 Å². The van der Waals surface area contributed by atoms with E-state index in [9.17, 15) is 28.0 Å². The molecule has 0 unspecified atom stereocenters. The van der Waals surface area contributed by atoms with Gasteiger partial charge in [0.05, 0.1) is 19.4 Å². The molecule has 2 amide bonds. The molecule has 0 aliphatic carbocycles. The van der Waals surface area contributed by atoms with Crippen molar-refractivity contribution in [1.29, 1.82) is 0 Å². The van der Waals surface area contributed by atoms with Crippen molar-refractivity contribution in [1.82, 2.24) is 19.9 Å². The molecular weight excluding hydrogens is 751 g/mol. The molecule has 0 saturated heterocycles. The lowest BCUT2D eigenvalue weighted by atomic mass is 10.1. The van der Waals surface area contributed by atoms with Gasteiger partial charge in [-0.25, -0.2) is 28.7 Å². The molecule has 0 atom stereocenters. The summed E-state index contributed by atoms with van der Waals surface area (Å²) in [5, 5.41) is 20.1. The Bertz CT molecular complexity index is 2350. The van der Waals surface area contributed by atoms with Crippen LogP contribution in [0.2, 0.25) is 0 Å². The lowest BCUT2D eigenvalue weighted by Crippen LogP contribution is -2.15. The minimum Gasteiger partial charge on any atom is -0.481 e. The summed E-state index contributed by atoms with van der Waals surface area (Å²) in [6.45, 7) is 2.00. The Morgan fingerprint density at radius 2 is 0.897 bits per heavy atom. The van der Waals surface area contributed by atoms with Crippen LogP contribution in [0.3, 0.4) is 0 Å². The average Bonchev–Trinajstić information content (AvgIpc) is 3.22. The molecule has 14 nitrogen and oxygen atoms in total. The number of carboxylic acid groups (broad SMARTS) is 1. The second-order valence-electron chi connectivity index (χ2n) is 12.3. The number of carbonyl (C=O) groups excluding carboxylic acids is 3. The number of nitrogens with one attached hydrogen (secondary N) is 4. The quantitative estimate of drug-likeness (QED) is 0.0627. The summed E-state index contributed by atoms with van der Waals surface area (Å²) < 4.78 is 30.9. The minimum absolute atomic E-state index is 0.0160. The third kappa shape index (κ3) is 13.6. The van der Waals surface area contributed by atoms with Gasteiger partial charge < -0.3 is 31.1 Å². The number of hydrogen-bond acceptors (Lipinski definition) is 11. The van der Waals surface area contributed by atoms with Crippen LogP contribution < -0.4 is 21.3 Å². The zero-order valence-electron chi connectivity index (χ0n) is 31.1. The number of halogens is 2. The van der Waals surface area contributed by atoms with Crippen molar-refractivity contribution in [2.45, 2.75) is 32.6 Å². The molecule has 5 N–H and O–H groups in total. The van der Waals surface area contributed by atoms with Gasteiger partial charge in [-0.2, -0.15) is 0 Å². The lowest BCUT2D eigenvalue weighted by molar-refractivity contribution is -0.144. The summed E-state index contributed by atoms with van der Waals surface area (Å²) in [5.74, 6) is -0.922. The maximum absolute atomic E-state index is 13.1. The van der Waals surface area contributed by atoms with Gasteiger partial charge in [0, 0.05) is 49.0 Å². The molecular formula is C42H38F2N8O6. The average molecular weight is 789 g/mol. The van der Waals surface area contributed by atoms with E-state index in [-0.39, 0.29) is 49.8 Å². The van der Waals surface area contributed by atoms with Crippen LogP contribution in [0.1, 0.15) is 32.6 Å². The molecule has 6 rings (SSSR count). The van der Waals surface area contributed by atoms with Crippen molar-refractivity contribution in [3.63, 3.8) is 0 Å². The number of hydrogen-bond donors (Lipinski definition) is 5. The first kappa shape index (κ1) is 41.5. The highest BCUT2D eigenvalue weighted by Gasteiger charge is 2.11. The summed E-state index contributed by atoms with van der Waals surface area (Å²) in [6, 6.07) is 26.2. The maximum atomic E-state index is 13.1. The number of anilines is 6. The fraction of sp³-hybridized carbons (Fsp3) is 0.143. The predicted octanol–water partition coefficient (Wildman–Crippen LogP) is 8.14. The Morgan fingerprint density at radius 1 is 0.534 bits per heavy atom. The number of nitrogens with zero attached hydrogens (tertiary/aromatic N) is 4. The number of aliphatic carboxylic acids is 1. The monoisotopic (exact) mass is 788 g/mol. The molecule has 6 aromatic rings. The molecule has 0 aliphatic heterocycles. The second kappa shape index (κ2) is 20.9. The highest BCUT2D eigenvalue weighted by molar-refractivity contribution is 5.93. The molecule has 0 saturated carbocycles. The SMILES string of the molecule is CCOC(=O)CCC(=O)Nc1cc(-c2ccnc(Nc3ccc(F)cc3)c2)ccn1.O=C(O)CCC(=O)Nc1cc(-c2ccnc(Nc3ccc(F)cc3)c2)ccn1. The van der Waals surface area contributed by atoms with Crippen LogP contribution in [0.4, 0.5) is 43.4 Å². The lowest BCUT2D eigenvalue weighted by Gasteiger charge is -2.09. The number of ether oxygens (including phenoxy) is 1. The van der Waals surface area contributed by atoms with Gasteiger partial charge >= 0.3 is 11.9 Å². The first-order chi connectivity index (χ1) is 28.0. The molecule has 0 spiro atoms. The van der Waals surface area contributed by atoms with E-state index >= 15 is 0 Å². The third-order valence-corrected chi connectivity index (χ3v) is 7.90. The number of amides is 2. The third-order valence-electron chi connectivity index (χ3n) is 7.90. The fourth-order valence-electron chi connectivity index (χ4n) is 5.16. The molecule has 4 aromatic heterocycles. The summed E-state index contributed by atoms with van der Waals surface area (Å²) >= 11 is 0. The van der Waals surface area contributed by atoms with Gasteiger partial charge in [0.2, 0.25) is 11.8 Å². The van der Waals surface area contributed by atoms with Gasteiger partial charge in [-0.15, -0.1) is 0 Å². The van der Waals surface area contributed by atoms with Gasteiger partial charge in [-0.1, -0.05) is 0 Å². The zero-order valence-corrected chi connectivity index (χ0v) is 31.1. The molecule has 296 valence electrons. The largest absolute Gasteiger partial charge is 0.481 e. The van der Waals surface area contributed by atoms with Crippen LogP contribution in [0.25, 0.3) is 22.3 Å². The summed E-state index contributed by atoms with van der Waals surface area (Å²) in [7, 11) is 0. The second-order valence-corrected chi connectivity index (χ2v) is 12.3. The number of rotatable bonds is 15. The number of carboxylic acids is 1. The van der Waals surface area contributed by atoms with E-state index in [1.165, 1.54) is 24.3 Å². The van der Waals surface area contributed by atoms with E-state index in [4.69, 9.17) is 9.84 Å². The van der Waals surface area contributed by atoms with Gasteiger partial charge in [0.1, 0.15) is 34.9 Å². The van der Waals surface area contributed by atoms with Crippen LogP contribution in [-0.4, -0.2) is 55.4 Å². The van der Waals surface area contributed by atoms with Crippen LogP contribution in [0.15, 0.2) is 122 Å². The summed E-state index contributed by atoms with van der Waals surface area (Å²) in [5.41, 5.74) is 4.74. The van der Waals surface area contributed by atoms with Crippen molar-refractivity contribution in [3.8, 4) is 22.3 Å². The van der Waals surface area contributed by atoms with E-state index in [1.807, 2.05) is 24.3 Å². The molecule has 2 aromatic carbocycles. The highest BCUT2D eigenvalue weighted by Crippen LogP contribution is 2.26. The first-order valence-corrected chi connectivity index (χ1v) is 17.9. The van der Waals surface area contributed by atoms with Crippen molar-refractivity contribution in [2.24, 2.45) is 0 Å². The predicted molar refractivity (Wildman–Crippen MR) is 214 cm³/mol. The normalized spacial score (nSPS) is 10.3. The fourth-order valence-corrected chi connectivity index (χ4v) is 5.16. The van der Waals surface area contributed by atoms with Crippen LogP contribution >= 0.6 is 0 Å². The van der Waals surface area contributed by atoms with E-state index in [0.717, 1.165) is 22.3 Å². The zero-order chi connectivity index (χ0) is 41.3.